The molecule has 0 radical (unpaired) electrons. The third-order valence-corrected chi connectivity index (χ3v) is 5.25. The van der Waals surface area contributed by atoms with Crippen molar-refractivity contribution in [2.75, 3.05) is 19.6 Å². The van der Waals surface area contributed by atoms with Crippen LogP contribution in [0.4, 0.5) is 0 Å². The van der Waals surface area contributed by atoms with Crippen LogP contribution in [0.2, 0.25) is 0 Å². The van der Waals surface area contributed by atoms with E-state index in [2.05, 4.69) is 11.8 Å². The lowest BCUT2D eigenvalue weighted by Gasteiger charge is -2.39. The third-order valence-electron chi connectivity index (χ3n) is 5.25. The summed E-state index contributed by atoms with van der Waals surface area (Å²) in [5, 5.41) is 0. The average molecular weight is 266 g/mol. The van der Waals surface area contributed by atoms with Gasteiger partial charge in [-0.2, -0.15) is 0 Å². The van der Waals surface area contributed by atoms with Crippen LogP contribution in [0.5, 0.6) is 0 Å². The summed E-state index contributed by atoms with van der Waals surface area (Å²) in [6, 6.07) is 0. The lowest BCUT2D eigenvalue weighted by atomic mass is 9.80. The summed E-state index contributed by atoms with van der Waals surface area (Å²) in [6.45, 7) is 4.83. The highest BCUT2D eigenvalue weighted by molar-refractivity contribution is 5.76. The van der Waals surface area contributed by atoms with Gasteiger partial charge in [0.1, 0.15) is 0 Å². The first-order chi connectivity index (χ1) is 9.13. The van der Waals surface area contributed by atoms with Crippen LogP contribution in [-0.2, 0) is 4.79 Å². The van der Waals surface area contributed by atoms with Crippen molar-refractivity contribution in [2.24, 2.45) is 17.1 Å². The predicted molar refractivity (Wildman–Crippen MR) is 78.8 cm³/mol. The monoisotopic (exact) mass is 266 g/mol. The molecule has 19 heavy (non-hydrogen) atoms. The fourth-order valence-electron chi connectivity index (χ4n) is 3.44. The Bertz CT molecular complexity index is 287. The van der Waals surface area contributed by atoms with Gasteiger partial charge >= 0.3 is 0 Å². The molecule has 0 aromatic carbocycles. The van der Waals surface area contributed by atoms with E-state index in [0.29, 0.717) is 11.8 Å². The van der Waals surface area contributed by atoms with Crippen LogP contribution < -0.4 is 5.73 Å². The molecule has 0 atom stereocenters. The molecule has 1 saturated heterocycles. The standard InChI is InChI=1S/C16H30N2O/c1-16(13-17)8-10-18(11-9-16)15(19)12-14-6-4-2-3-5-7-14/h14H,2-13,17H2,1H3. The minimum absolute atomic E-state index is 0.263. The summed E-state index contributed by atoms with van der Waals surface area (Å²) in [5.74, 6) is 1.05. The Labute approximate surface area is 117 Å². The highest BCUT2D eigenvalue weighted by atomic mass is 16.2. The summed E-state index contributed by atoms with van der Waals surface area (Å²) in [4.78, 5) is 14.5. The SMILES string of the molecule is CC1(CN)CCN(C(=O)CC2CCCCCC2)CC1. The molecule has 1 amide bonds. The Morgan fingerprint density at radius 2 is 1.74 bits per heavy atom. The molecule has 0 aromatic rings. The van der Waals surface area contributed by atoms with Crippen molar-refractivity contribution in [3.8, 4) is 0 Å². The van der Waals surface area contributed by atoms with Gasteiger partial charge in [-0.3, -0.25) is 4.79 Å². The maximum atomic E-state index is 12.4. The summed E-state index contributed by atoms with van der Waals surface area (Å²) in [7, 11) is 0. The summed E-state index contributed by atoms with van der Waals surface area (Å²) < 4.78 is 0. The first kappa shape index (κ1) is 14.8. The highest BCUT2D eigenvalue weighted by Crippen LogP contribution is 2.31. The van der Waals surface area contributed by atoms with Crippen molar-refractivity contribution in [2.45, 2.75) is 64.7 Å². The topological polar surface area (TPSA) is 46.3 Å². The van der Waals surface area contributed by atoms with Gasteiger partial charge in [-0.05, 0) is 43.6 Å². The molecule has 2 rings (SSSR count). The van der Waals surface area contributed by atoms with Crippen molar-refractivity contribution in [3.05, 3.63) is 0 Å². The number of nitrogens with zero attached hydrogens (tertiary/aromatic N) is 1. The van der Waals surface area contributed by atoms with Crippen LogP contribution in [0, 0.1) is 11.3 Å². The molecule has 2 aliphatic rings. The zero-order valence-electron chi connectivity index (χ0n) is 12.5. The van der Waals surface area contributed by atoms with E-state index in [1.165, 1.54) is 38.5 Å². The first-order valence-corrected chi connectivity index (χ1v) is 8.11. The molecule has 1 heterocycles. The first-order valence-electron chi connectivity index (χ1n) is 8.11. The molecule has 2 N–H and O–H groups in total. The number of carbonyl (C=O) groups excluding carboxylic acids is 1. The van der Waals surface area contributed by atoms with Gasteiger partial charge in [0.25, 0.3) is 0 Å². The van der Waals surface area contributed by atoms with Gasteiger partial charge in [0.15, 0.2) is 0 Å². The van der Waals surface area contributed by atoms with Crippen LogP contribution in [0.25, 0.3) is 0 Å². The summed E-state index contributed by atoms with van der Waals surface area (Å²) in [6.07, 6.45) is 10.8. The summed E-state index contributed by atoms with van der Waals surface area (Å²) >= 11 is 0. The van der Waals surface area contributed by atoms with Crippen molar-refractivity contribution >= 4 is 5.91 Å². The Kier molecular flexibility index (Phi) is 5.26. The van der Waals surface area contributed by atoms with Crippen molar-refractivity contribution in [3.63, 3.8) is 0 Å². The molecule has 3 nitrogen and oxygen atoms in total. The number of amides is 1. The lowest BCUT2D eigenvalue weighted by Crippen LogP contribution is -2.45. The van der Waals surface area contributed by atoms with Crippen LogP contribution in [0.3, 0.4) is 0 Å². The maximum absolute atomic E-state index is 12.4. The van der Waals surface area contributed by atoms with Gasteiger partial charge in [-0.15, -0.1) is 0 Å². The van der Waals surface area contributed by atoms with Crippen LogP contribution in [0.1, 0.15) is 64.7 Å². The van der Waals surface area contributed by atoms with Gasteiger partial charge in [0.05, 0.1) is 0 Å². The second kappa shape index (κ2) is 6.74. The number of carbonyl (C=O) groups is 1. The molecule has 3 heteroatoms. The van der Waals surface area contributed by atoms with Crippen molar-refractivity contribution < 1.29 is 4.79 Å². The molecule has 0 spiro atoms. The number of rotatable bonds is 3. The Hall–Kier alpha value is -0.570. The fourth-order valence-corrected chi connectivity index (χ4v) is 3.44. The summed E-state index contributed by atoms with van der Waals surface area (Å²) in [5.41, 5.74) is 6.09. The van der Waals surface area contributed by atoms with Crippen molar-refractivity contribution in [1.29, 1.82) is 0 Å². The minimum Gasteiger partial charge on any atom is -0.343 e. The van der Waals surface area contributed by atoms with E-state index in [0.717, 1.165) is 38.9 Å². The van der Waals surface area contributed by atoms with E-state index in [4.69, 9.17) is 5.73 Å². The van der Waals surface area contributed by atoms with Gasteiger partial charge in [0.2, 0.25) is 5.91 Å². The molecule has 0 unspecified atom stereocenters. The van der Waals surface area contributed by atoms with E-state index < -0.39 is 0 Å². The molecular formula is C16H30N2O. The van der Waals surface area contributed by atoms with Gasteiger partial charge in [-0.1, -0.05) is 32.6 Å². The van der Waals surface area contributed by atoms with Crippen LogP contribution >= 0.6 is 0 Å². The normalized spacial score (nSPS) is 25.1. The molecule has 1 saturated carbocycles. The number of hydrogen-bond acceptors (Lipinski definition) is 2. The quantitative estimate of drug-likeness (QED) is 0.798. The predicted octanol–water partition coefficient (Wildman–Crippen LogP) is 2.93. The molecular weight excluding hydrogens is 236 g/mol. The van der Waals surface area contributed by atoms with Gasteiger partial charge in [0, 0.05) is 19.5 Å². The molecule has 0 aromatic heterocycles. The van der Waals surface area contributed by atoms with E-state index >= 15 is 0 Å². The zero-order chi connectivity index (χ0) is 13.7. The van der Waals surface area contributed by atoms with Crippen LogP contribution in [0.15, 0.2) is 0 Å². The van der Waals surface area contributed by atoms with E-state index in [1.807, 2.05) is 0 Å². The lowest BCUT2D eigenvalue weighted by molar-refractivity contribution is -0.134. The number of nitrogens with two attached hydrogens (primary N) is 1. The molecule has 2 fully saturated rings. The second-order valence-corrected chi connectivity index (χ2v) is 6.96. The number of piperidine rings is 1. The third kappa shape index (κ3) is 4.20. The molecule has 1 aliphatic heterocycles. The largest absolute Gasteiger partial charge is 0.343 e. The second-order valence-electron chi connectivity index (χ2n) is 6.96. The Morgan fingerprint density at radius 3 is 2.26 bits per heavy atom. The van der Waals surface area contributed by atoms with E-state index in [-0.39, 0.29) is 5.41 Å². The number of likely N-dealkylation sites (tertiary alicyclic amines) is 1. The Balaban J connectivity index is 1.77. The number of hydrogen-bond donors (Lipinski definition) is 1. The van der Waals surface area contributed by atoms with Gasteiger partial charge < -0.3 is 10.6 Å². The van der Waals surface area contributed by atoms with Crippen LogP contribution in [-0.4, -0.2) is 30.4 Å². The minimum atomic E-state index is 0.263. The molecule has 0 bridgehead atoms. The molecule has 110 valence electrons. The van der Waals surface area contributed by atoms with E-state index in [1.54, 1.807) is 0 Å². The van der Waals surface area contributed by atoms with Gasteiger partial charge in [-0.25, -0.2) is 0 Å². The van der Waals surface area contributed by atoms with Crippen molar-refractivity contribution in [1.82, 2.24) is 4.90 Å². The smallest absolute Gasteiger partial charge is 0.222 e. The fraction of sp³-hybridized carbons (Fsp3) is 0.938. The highest BCUT2D eigenvalue weighted by Gasteiger charge is 2.31. The zero-order valence-corrected chi connectivity index (χ0v) is 12.5. The average Bonchev–Trinajstić information content (AvgIpc) is 2.68. The molecule has 1 aliphatic carbocycles. The van der Waals surface area contributed by atoms with E-state index in [9.17, 15) is 4.79 Å². The Morgan fingerprint density at radius 1 is 1.16 bits per heavy atom. The maximum Gasteiger partial charge on any atom is 0.222 e.